The summed E-state index contributed by atoms with van der Waals surface area (Å²) in [5.74, 6) is 0. The number of thiocarbonyl (C=S) groups is 1. The minimum absolute atomic E-state index is 0.447. The van der Waals surface area contributed by atoms with Crippen molar-refractivity contribution in [3.63, 3.8) is 0 Å². The van der Waals surface area contributed by atoms with Crippen LogP contribution in [0.5, 0.6) is 0 Å². The summed E-state index contributed by atoms with van der Waals surface area (Å²) in [4.78, 5) is 0. The molecular weight excluding hydrogens is 311 g/mol. The Morgan fingerprint density at radius 3 is 2.20 bits per heavy atom. The molecule has 0 atom stereocenters. The van der Waals surface area contributed by atoms with Gasteiger partial charge < -0.3 is 10.6 Å². The Bertz CT molecular complexity index is 636. The number of hydrogen-bond acceptors (Lipinski definition) is 1. The van der Waals surface area contributed by atoms with Crippen LogP contribution < -0.4 is 10.6 Å². The second-order valence-electron chi connectivity index (χ2n) is 4.47. The van der Waals surface area contributed by atoms with Crippen molar-refractivity contribution in [2.75, 3.05) is 10.6 Å². The van der Waals surface area contributed by atoms with E-state index in [4.69, 9.17) is 35.4 Å². The third kappa shape index (κ3) is 3.63. The van der Waals surface area contributed by atoms with Crippen molar-refractivity contribution in [2.45, 2.75) is 13.8 Å². The van der Waals surface area contributed by atoms with Gasteiger partial charge in [-0.15, -0.1) is 0 Å². The van der Waals surface area contributed by atoms with Crippen molar-refractivity contribution in [1.82, 2.24) is 0 Å². The molecule has 0 aliphatic rings. The van der Waals surface area contributed by atoms with Gasteiger partial charge in [0.15, 0.2) is 5.11 Å². The summed E-state index contributed by atoms with van der Waals surface area (Å²) in [5, 5.41) is 7.64. The Labute approximate surface area is 134 Å². The van der Waals surface area contributed by atoms with Crippen molar-refractivity contribution in [2.24, 2.45) is 0 Å². The van der Waals surface area contributed by atoms with Crippen molar-refractivity contribution >= 4 is 51.9 Å². The van der Waals surface area contributed by atoms with E-state index in [1.165, 1.54) is 11.1 Å². The fraction of sp³-hybridized carbons (Fsp3) is 0.133. The molecule has 2 aromatic carbocycles. The lowest BCUT2D eigenvalue weighted by Crippen LogP contribution is -2.19. The molecule has 0 saturated heterocycles. The number of hydrogen-bond donors (Lipinski definition) is 2. The summed E-state index contributed by atoms with van der Waals surface area (Å²) < 4.78 is 0. The Balaban J connectivity index is 2.11. The number of para-hydroxylation sites is 1. The van der Waals surface area contributed by atoms with E-state index in [0.717, 1.165) is 5.69 Å². The number of nitrogens with one attached hydrogen (secondary N) is 2. The molecule has 0 aliphatic carbocycles. The van der Waals surface area contributed by atoms with Gasteiger partial charge in [0.2, 0.25) is 0 Å². The normalized spacial score (nSPS) is 10.2. The number of aryl methyl sites for hydroxylation is 2. The zero-order valence-corrected chi connectivity index (χ0v) is 13.5. The van der Waals surface area contributed by atoms with Crippen molar-refractivity contribution in [1.29, 1.82) is 0 Å². The van der Waals surface area contributed by atoms with Crippen LogP contribution in [0.3, 0.4) is 0 Å². The molecule has 0 spiro atoms. The van der Waals surface area contributed by atoms with Crippen molar-refractivity contribution in [3.05, 3.63) is 57.6 Å². The monoisotopic (exact) mass is 324 g/mol. The molecule has 0 fully saturated rings. The Morgan fingerprint density at radius 1 is 0.950 bits per heavy atom. The molecule has 2 aromatic rings. The van der Waals surface area contributed by atoms with Crippen LogP contribution in [0.4, 0.5) is 11.4 Å². The molecule has 5 heteroatoms. The first-order valence-corrected chi connectivity index (χ1v) is 7.23. The largest absolute Gasteiger partial charge is 0.332 e. The van der Waals surface area contributed by atoms with Crippen LogP contribution in [0.2, 0.25) is 10.0 Å². The average Bonchev–Trinajstić information content (AvgIpc) is 2.38. The molecule has 0 aromatic heterocycles. The van der Waals surface area contributed by atoms with Gasteiger partial charge in [-0.2, -0.15) is 0 Å². The van der Waals surface area contributed by atoms with Crippen LogP contribution in [-0.4, -0.2) is 5.11 Å². The summed E-state index contributed by atoms with van der Waals surface area (Å²) >= 11 is 17.5. The predicted molar refractivity (Wildman–Crippen MR) is 92.2 cm³/mol. The van der Waals surface area contributed by atoms with Crippen LogP contribution in [0.1, 0.15) is 11.1 Å². The van der Waals surface area contributed by atoms with E-state index >= 15 is 0 Å². The third-order valence-electron chi connectivity index (χ3n) is 2.97. The van der Waals surface area contributed by atoms with Gasteiger partial charge in [0.05, 0.1) is 15.7 Å². The topological polar surface area (TPSA) is 24.1 Å². The smallest absolute Gasteiger partial charge is 0.175 e. The molecule has 0 unspecified atom stereocenters. The van der Waals surface area contributed by atoms with Gasteiger partial charge in [-0.25, -0.2) is 0 Å². The minimum atomic E-state index is 0.447. The number of benzene rings is 2. The zero-order chi connectivity index (χ0) is 14.7. The quantitative estimate of drug-likeness (QED) is 0.721. The maximum atomic E-state index is 6.09. The van der Waals surface area contributed by atoms with Crippen LogP contribution in [0, 0.1) is 13.8 Å². The van der Waals surface area contributed by atoms with Gasteiger partial charge in [-0.3, -0.25) is 0 Å². The molecular formula is C15H14Cl2N2S. The molecule has 20 heavy (non-hydrogen) atoms. The average molecular weight is 325 g/mol. The lowest BCUT2D eigenvalue weighted by atomic mass is 10.1. The summed E-state index contributed by atoms with van der Waals surface area (Å²) in [6.07, 6.45) is 0. The molecule has 0 bridgehead atoms. The first-order chi connectivity index (χ1) is 9.47. The number of anilines is 2. The molecule has 0 radical (unpaired) electrons. The van der Waals surface area contributed by atoms with E-state index in [1.807, 2.05) is 18.2 Å². The molecule has 0 aliphatic heterocycles. The lowest BCUT2D eigenvalue weighted by molar-refractivity contribution is 1.34. The second kappa shape index (κ2) is 6.44. The number of rotatable bonds is 2. The van der Waals surface area contributed by atoms with Crippen LogP contribution in [0.25, 0.3) is 0 Å². The van der Waals surface area contributed by atoms with E-state index in [1.54, 1.807) is 18.2 Å². The van der Waals surface area contributed by atoms with E-state index in [-0.39, 0.29) is 0 Å². The molecule has 2 rings (SSSR count). The summed E-state index contributed by atoms with van der Waals surface area (Å²) in [6.45, 7) is 4.13. The molecule has 0 heterocycles. The molecule has 2 nitrogen and oxygen atoms in total. The minimum Gasteiger partial charge on any atom is -0.332 e. The van der Waals surface area contributed by atoms with E-state index in [0.29, 0.717) is 20.8 Å². The first kappa shape index (κ1) is 15.1. The van der Waals surface area contributed by atoms with Gasteiger partial charge in [0.1, 0.15) is 0 Å². The maximum absolute atomic E-state index is 6.09. The predicted octanol–water partition coefficient (Wildman–Crippen LogP) is 5.42. The molecule has 0 saturated carbocycles. The Hall–Kier alpha value is -1.29. The van der Waals surface area contributed by atoms with Gasteiger partial charge in [0, 0.05) is 5.69 Å². The third-order valence-corrected chi connectivity index (χ3v) is 3.80. The standard InChI is InChI=1S/C15H14Cl2N2S/c1-9-6-7-11(8-10(9)2)18-15(20)19-14-12(16)4-3-5-13(14)17/h3-8H,1-2H3,(H2,18,19,20). The lowest BCUT2D eigenvalue weighted by Gasteiger charge is -2.13. The van der Waals surface area contributed by atoms with Crippen LogP contribution in [0.15, 0.2) is 36.4 Å². The summed E-state index contributed by atoms with van der Waals surface area (Å²) in [5.41, 5.74) is 3.98. The molecule has 2 N–H and O–H groups in total. The molecule has 0 amide bonds. The highest BCUT2D eigenvalue weighted by molar-refractivity contribution is 7.80. The summed E-state index contributed by atoms with van der Waals surface area (Å²) in [7, 11) is 0. The maximum Gasteiger partial charge on any atom is 0.175 e. The van der Waals surface area contributed by atoms with Crippen molar-refractivity contribution in [3.8, 4) is 0 Å². The highest BCUT2D eigenvalue weighted by Crippen LogP contribution is 2.29. The van der Waals surface area contributed by atoms with Crippen LogP contribution >= 0.6 is 35.4 Å². The van der Waals surface area contributed by atoms with Gasteiger partial charge in [-0.1, -0.05) is 35.3 Å². The fourth-order valence-corrected chi connectivity index (χ4v) is 2.42. The fourth-order valence-electron chi connectivity index (χ4n) is 1.71. The van der Waals surface area contributed by atoms with Gasteiger partial charge in [-0.05, 0) is 61.5 Å². The first-order valence-electron chi connectivity index (χ1n) is 6.06. The van der Waals surface area contributed by atoms with E-state index in [2.05, 4.69) is 24.5 Å². The number of halogens is 2. The zero-order valence-electron chi connectivity index (χ0n) is 11.1. The van der Waals surface area contributed by atoms with E-state index < -0.39 is 0 Å². The van der Waals surface area contributed by atoms with E-state index in [9.17, 15) is 0 Å². The van der Waals surface area contributed by atoms with Gasteiger partial charge in [0.25, 0.3) is 0 Å². The Morgan fingerprint density at radius 2 is 1.60 bits per heavy atom. The van der Waals surface area contributed by atoms with Crippen molar-refractivity contribution < 1.29 is 0 Å². The highest BCUT2D eigenvalue weighted by atomic mass is 35.5. The highest BCUT2D eigenvalue weighted by Gasteiger charge is 2.07. The second-order valence-corrected chi connectivity index (χ2v) is 5.70. The molecule has 104 valence electrons. The summed E-state index contributed by atoms with van der Waals surface area (Å²) in [6, 6.07) is 11.4. The SMILES string of the molecule is Cc1ccc(NC(=S)Nc2c(Cl)cccc2Cl)cc1C. The van der Waals surface area contributed by atoms with Crippen LogP contribution in [-0.2, 0) is 0 Å². The van der Waals surface area contributed by atoms with Gasteiger partial charge >= 0.3 is 0 Å². The Kier molecular flexibility index (Phi) is 4.86.